The minimum absolute atomic E-state index is 0.0462. The first kappa shape index (κ1) is 30.4. The van der Waals surface area contributed by atoms with Gasteiger partial charge in [0, 0.05) is 38.5 Å². The number of halogens is 4. The highest BCUT2D eigenvalue weighted by Gasteiger charge is 2.32. The van der Waals surface area contributed by atoms with E-state index in [4.69, 9.17) is 21.1 Å². The predicted octanol–water partition coefficient (Wildman–Crippen LogP) is 3.25. The van der Waals surface area contributed by atoms with Crippen LogP contribution in [0.2, 0.25) is 5.02 Å². The Labute approximate surface area is 239 Å². The molecule has 0 radical (unpaired) electrons. The molecule has 0 bridgehead atoms. The van der Waals surface area contributed by atoms with Crippen LogP contribution in [-0.4, -0.2) is 78.9 Å². The molecule has 2 aliphatic rings. The maximum atomic E-state index is 12.7. The fourth-order valence-electron chi connectivity index (χ4n) is 4.37. The molecule has 2 aromatic rings. The molecule has 2 amide bonds. The van der Waals surface area contributed by atoms with Crippen LogP contribution >= 0.6 is 11.6 Å². The largest absolute Gasteiger partial charge is 0.573 e. The minimum atomic E-state index is -4.85. The molecular weight excluding hydrogens is 569 g/mol. The molecular formula is C27H30ClF3N4O6. The van der Waals surface area contributed by atoms with E-state index < -0.39 is 18.2 Å². The number of likely N-dealkylation sites (tertiary alicyclic amines) is 1. The first-order valence-corrected chi connectivity index (χ1v) is 13.4. The molecule has 1 fully saturated rings. The molecule has 222 valence electrons. The Morgan fingerprint density at radius 1 is 1.12 bits per heavy atom. The van der Waals surface area contributed by atoms with Gasteiger partial charge >= 0.3 is 6.36 Å². The van der Waals surface area contributed by atoms with Crippen LogP contribution in [0.5, 0.6) is 17.2 Å². The summed E-state index contributed by atoms with van der Waals surface area (Å²) in [6.07, 6.45) is -3.67. The van der Waals surface area contributed by atoms with Crippen LogP contribution in [0.15, 0.2) is 47.6 Å². The van der Waals surface area contributed by atoms with Crippen molar-refractivity contribution in [3.63, 3.8) is 0 Å². The first-order valence-electron chi connectivity index (χ1n) is 13.0. The van der Waals surface area contributed by atoms with Crippen molar-refractivity contribution in [1.82, 2.24) is 15.6 Å². The topological polar surface area (TPSA) is 122 Å². The zero-order valence-corrected chi connectivity index (χ0v) is 22.7. The third-order valence-electron chi connectivity index (χ3n) is 6.52. The summed E-state index contributed by atoms with van der Waals surface area (Å²) in [5, 5.41) is 17.8. The second-order valence-electron chi connectivity index (χ2n) is 9.55. The van der Waals surface area contributed by atoms with Crippen molar-refractivity contribution in [2.75, 3.05) is 32.8 Å². The average molecular weight is 599 g/mol. The van der Waals surface area contributed by atoms with Gasteiger partial charge in [0.15, 0.2) is 18.1 Å². The van der Waals surface area contributed by atoms with Crippen LogP contribution in [0.3, 0.4) is 0 Å². The van der Waals surface area contributed by atoms with Crippen molar-refractivity contribution in [3.05, 3.63) is 53.1 Å². The zero-order chi connectivity index (χ0) is 29.4. The van der Waals surface area contributed by atoms with E-state index in [1.165, 1.54) is 18.2 Å². The maximum Gasteiger partial charge on any atom is 0.573 e. The Bertz CT molecular complexity index is 1250. The number of carbonyl (C=O) groups excluding carboxylic acids is 2. The summed E-state index contributed by atoms with van der Waals surface area (Å²) in [4.78, 5) is 25.6. The number of benzene rings is 2. The number of nitrogens with zero attached hydrogens (tertiary/aromatic N) is 2. The van der Waals surface area contributed by atoms with Crippen molar-refractivity contribution in [3.8, 4) is 17.2 Å². The summed E-state index contributed by atoms with van der Waals surface area (Å²) in [7, 11) is 0. The molecule has 0 saturated carbocycles. The normalized spacial score (nSPS) is 17.0. The standard InChI is InChI=1S/C27H30ClF3N4O6/c28-20-13-17(21-6-8-25(37)34-33-21)5-7-22(20)40-16-26(38)35-11-9-18(10-12-35)32-14-19(36)15-39-23-3-1-2-4-24(23)41-27(29,30)31/h1-5,7,13,18-19,32,36H,6,8-12,14-16H2,(H,34,37)/t19-/m0/s1. The van der Waals surface area contributed by atoms with E-state index in [0.717, 1.165) is 11.6 Å². The number of hydrogen-bond donors (Lipinski definition) is 3. The highest BCUT2D eigenvalue weighted by molar-refractivity contribution is 6.32. The van der Waals surface area contributed by atoms with Gasteiger partial charge in [-0.1, -0.05) is 23.7 Å². The lowest BCUT2D eigenvalue weighted by Crippen LogP contribution is -2.48. The third-order valence-corrected chi connectivity index (χ3v) is 6.81. The predicted molar refractivity (Wildman–Crippen MR) is 143 cm³/mol. The van der Waals surface area contributed by atoms with Gasteiger partial charge in [-0.15, -0.1) is 13.2 Å². The Balaban J connectivity index is 1.15. The lowest BCUT2D eigenvalue weighted by atomic mass is 10.0. The van der Waals surface area contributed by atoms with E-state index >= 15 is 0 Å². The maximum absolute atomic E-state index is 12.7. The van der Waals surface area contributed by atoms with Gasteiger partial charge in [0.25, 0.3) is 5.91 Å². The molecule has 1 atom stereocenters. The molecule has 4 rings (SSSR count). The van der Waals surface area contributed by atoms with Gasteiger partial charge in [0.2, 0.25) is 5.91 Å². The lowest BCUT2D eigenvalue weighted by Gasteiger charge is -2.33. The second kappa shape index (κ2) is 13.9. The molecule has 2 aliphatic heterocycles. The Hall–Kier alpha value is -3.55. The van der Waals surface area contributed by atoms with E-state index in [9.17, 15) is 27.9 Å². The summed E-state index contributed by atoms with van der Waals surface area (Å²) in [5.74, 6) is -0.556. The van der Waals surface area contributed by atoms with E-state index in [1.807, 2.05) is 0 Å². The number of aliphatic hydroxyl groups is 1. The van der Waals surface area contributed by atoms with Crippen LogP contribution in [-0.2, 0) is 9.59 Å². The SMILES string of the molecule is O=C1CCC(c2ccc(OCC(=O)N3CCC(NC[C@H](O)COc4ccccc4OC(F)(F)F)CC3)c(Cl)c2)=NN1. The number of ether oxygens (including phenoxy) is 3. The molecule has 14 heteroatoms. The molecule has 10 nitrogen and oxygen atoms in total. The van der Waals surface area contributed by atoms with Crippen LogP contribution in [0.4, 0.5) is 13.2 Å². The third kappa shape index (κ3) is 9.23. The number of hydrogen-bond acceptors (Lipinski definition) is 8. The summed E-state index contributed by atoms with van der Waals surface area (Å²) in [6.45, 7) is 0.745. The first-order chi connectivity index (χ1) is 19.6. The number of amides is 2. The molecule has 3 N–H and O–H groups in total. The average Bonchev–Trinajstić information content (AvgIpc) is 2.94. The molecule has 2 heterocycles. The van der Waals surface area contributed by atoms with E-state index in [1.54, 1.807) is 23.1 Å². The number of rotatable bonds is 11. The molecule has 0 aromatic heterocycles. The number of aliphatic hydroxyl groups excluding tert-OH is 1. The number of piperidine rings is 1. The van der Waals surface area contributed by atoms with Crippen molar-refractivity contribution in [1.29, 1.82) is 0 Å². The number of para-hydroxylation sites is 2. The molecule has 0 unspecified atom stereocenters. The van der Waals surface area contributed by atoms with Crippen molar-refractivity contribution >= 4 is 29.1 Å². The minimum Gasteiger partial charge on any atom is -0.487 e. The summed E-state index contributed by atoms with van der Waals surface area (Å²) < 4.78 is 52.6. The van der Waals surface area contributed by atoms with Gasteiger partial charge in [0.05, 0.1) is 10.7 Å². The molecule has 0 aliphatic carbocycles. The number of hydrazone groups is 1. The van der Waals surface area contributed by atoms with Gasteiger partial charge in [0.1, 0.15) is 18.5 Å². The zero-order valence-electron chi connectivity index (χ0n) is 22.0. The van der Waals surface area contributed by atoms with Crippen LogP contribution in [0.1, 0.15) is 31.2 Å². The van der Waals surface area contributed by atoms with Gasteiger partial charge < -0.3 is 29.5 Å². The number of alkyl halides is 3. The quantitative estimate of drug-likeness (QED) is 0.363. The Morgan fingerprint density at radius 2 is 1.85 bits per heavy atom. The van der Waals surface area contributed by atoms with Crippen molar-refractivity contribution < 1.29 is 42.1 Å². The number of nitrogens with one attached hydrogen (secondary N) is 2. The fourth-order valence-corrected chi connectivity index (χ4v) is 4.60. The van der Waals surface area contributed by atoms with E-state index in [2.05, 4.69) is 20.6 Å². The molecule has 2 aromatic carbocycles. The van der Waals surface area contributed by atoms with Crippen molar-refractivity contribution in [2.24, 2.45) is 5.10 Å². The van der Waals surface area contributed by atoms with E-state index in [0.29, 0.717) is 55.3 Å². The fraction of sp³-hybridized carbons (Fsp3) is 0.444. The second-order valence-corrected chi connectivity index (χ2v) is 9.96. The summed E-state index contributed by atoms with van der Waals surface area (Å²) in [5.41, 5.74) is 3.92. The van der Waals surface area contributed by atoms with Crippen LogP contribution in [0.25, 0.3) is 0 Å². The Morgan fingerprint density at radius 3 is 2.51 bits per heavy atom. The molecule has 0 spiro atoms. The Kier molecular flexibility index (Phi) is 10.3. The summed E-state index contributed by atoms with van der Waals surface area (Å²) >= 11 is 6.34. The highest BCUT2D eigenvalue weighted by atomic mass is 35.5. The summed E-state index contributed by atoms with van der Waals surface area (Å²) in [6, 6.07) is 10.5. The van der Waals surface area contributed by atoms with Gasteiger partial charge in [-0.25, -0.2) is 5.43 Å². The van der Waals surface area contributed by atoms with Gasteiger partial charge in [-0.2, -0.15) is 5.10 Å². The number of carbonyl (C=O) groups is 2. The van der Waals surface area contributed by atoms with Crippen molar-refractivity contribution in [2.45, 2.75) is 44.2 Å². The van der Waals surface area contributed by atoms with Crippen LogP contribution < -0.4 is 25.0 Å². The monoisotopic (exact) mass is 598 g/mol. The molecule has 41 heavy (non-hydrogen) atoms. The highest BCUT2D eigenvalue weighted by Crippen LogP contribution is 2.32. The molecule has 1 saturated heterocycles. The smallest absolute Gasteiger partial charge is 0.487 e. The lowest BCUT2D eigenvalue weighted by molar-refractivity contribution is -0.275. The van der Waals surface area contributed by atoms with Gasteiger partial charge in [-0.3, -0.25) is 9.59 Å². The van der Waals surface area contributed by atoms with Crippen LogP contribution in [0, 0.1) is 0 Å². The van der Waals surface area contributed by atoms with E-state index in [-0.39, 0.29) is 43.4 Å². The van der Waals surface area contributed by atoms with Gasteiger partial charge in [-0.05, 0) is 48.7 Å².